The smallest absolute Gasteiger partial charge is 0.143 e. The fourth-order valence-electron chi connectivity index (χ4n) is 1.70. The Kier molecular flexibility index (Phi) is 3.51. The highest BCUT2D eigenvalue weighted by Crippen LogP contribution is 2.16. The third kappa shape index (κ3) is 2.91. The predicted octanol–water partition coefficient (Wildman–Crippen LogP) is 4.00. The van der Waals surface area contributed by atoms with E-state index in [4.69, 9.17) is 0 Å². The average Bonchev–Trinajstić information content (AvgIpc) is 2.36. The van der Waals surface area contributed by atoms with Crippen molar-refractivity contribution in [3.8, 4) is 0 Å². The number of fused-ring (bicyclic) bond motifs is 1. The lowest BCUT2D eigenvalue weighted by Gasteiger charge is -1.99. The summed E-state index contributed by atoms with van der Waals surface area (Å²) in [5.74, 6) is 0. The molecule has 84 valence electrons. The molecule has 0 aliphatic heterocycles. The zero-order chi connectivity index (χ0) is 12.1. The van der Waals surface area contributed by atoms with Crippen LogP contribution in [0.2, 0.25) is 0 Å². The molecule has 0 N–H and O–H groups in total. The van der Waals surface area contributed by atoms with E-state index in [0.717, 1.165) is 17.4 Å². The Bertz CT molecular complexity index is 591. The van der Waals surface area contributed by atoms with Crippen molar-refractivity contribution in [3.63, 3.8) is 0 Å². The fraction of sp³-hybridized carbons (Fsp3) is 0.0625. The predicted molar refractivity (Wildman–Crippen MR) is 72.8 cm³/mol. The highest BCUT2D eigenvalue weighted by Gasteiger charge is 1.92. The van der Waals surface area contributed by atoms with Crippen LogP contribution in [-0.2, 0) is 4.79 Å². The first-order valence-corrected chi connectivity index (χ1v) is 5.58. The Labute approximate surface area is 101 Å². The maximum atomic E-state index is 10.3. The van der Waals surface area contributed by atoms with Crippen molar-refractivity contribution in [1.82, 2.24) is 0 Å². The molecular formula is C16H14O. The van der Waals surface area contributed by atoms with Crippen LogP contribution in [0.3, 0.4) is 0 Å². The molecular weight excluding hydrogens is 208 g/mol. The van der Waals surface area contributed by atoms with Gasteiger partial charge in [0.15, 0.2) is 0 Å². The molecule has 0 aromatic heterocycles. The van der Waals surface area contributed by atoms with E-state index in [1.165, 1.54) is 10.8 Å². The molecule has 1 heteroatoms. The highest BCUT2D eigenvalue weighted by atomic mass is 16.1. The second-order valence-electron chi connectivity index (χ2n) is 3.99. The van der Waals surface area contributed by atoms with E-state index in [1.807, 2.05) is 31.2 Å². The van der Waals surface area contributed by atoms with Gasteiger partial charge < -0.3 is 0 Å². The minimum Gasteiger partial charge on any atom is -0.299 e. The van der Waals surface area contributed by atoms with E-state index >= 15 is 0 Å². The lowest BCUT2D eigenvalue weighted by molar-refractivity contribution is -0.104. The Morgan fingerprint density at radius 1 is 1.06 bits per heavy atom. The van der Waals surface area contributed by atoms with Crippen LogP contribution in [0.5, 0.6) is 0 Å². The lowest BCUT2D eigenvalue weighted by atomic mass is 10.1. The van der Waals surface area contributed by atoms with Gasteiger partial charge in [-0.3, -0.25) is 4.79 Å². The first-order chi connectivity index (χ1) is 8.29. The van der Waals surface area contributed by atoms with Crippen molar-refractivity contribution in [2.24, 2.45) is 0 Å². The second-order valence-corrected chi connectivity index (χ2v) is 3.99. The molecule has 17 heavy (non-hydrogen) atoms. The molecule has 0 spiro atoms. The minimum absolute atomic E-state index is 0.806. The summed E-state index contributed by atoms with van der Waals surface area (Å²) in [5, 5.41) is 2.47. The van der Waals surface area contributed by atoms with Gasteiger partial charge in [0.05, 0.1) is 0 Å². The molecule has 0 radical (unpaired) electrons. The van der Waals surface area contributed by atoms with Crippen molar-refractivity contribution in [3.05, 3.63) is 65.8 Å². The zero-order valence-electron chi connectivity index (χ0n) is 9.76. The van der Waals surface area contributed by atoms with E-state index in [-0.39, 0.29) is 0 Å². The normalized spacial score (nSPS) is 12.2. The molecule has 0 aliphatic carbocycles. The standard InChI is InChI=1S/C16H14O/c1-13(10-11-17)6-7-14-8-9-15-4-2-3-5-16(15)12-14/h2-12H,1H3/b7-6+,13-10+. The summed E-state index contributed by atoms with van der Waals surface area (Å²) in [6, 6.07) is 14.6. The Morgan fingerprint density at radius 2 is 1.82 bits per heavy atom. The van der Waals surface area contributed by atoms with Crippen LogP contribution in [-0.4, -0.2) is 6.29 Å². The van der Waals surface area contributed by atoms with E-state index in [0.29, 0.717) is 0 Å². The van der Waals surface area contributed by atoms with Gasteiger partial charge in [-0.2, -0.15) is 0 Å². The van der Waals surface area contributed by atoms with Gasteiger partial charge in [-0.15, -0.1) is 0 Å². The van der Waals surface area contributed by atoms with Gasteiger partial charge in [0, 0.05) is 0 Å². The molecule has 0 heterocycles. The summed E-state index contributed by atoms with van der Waals surface area (Å²) in [4.78, 5) is 10.3. The topological polar surface area (TPSA) is 17.1 Å². The average molecular weight is 222 g/mol. The van der Waals surface area contributed by atoms with Crippen LogP contribution in [0.15, 0.2) is 60.2 Å². The molecule has 2 aromatic carbocycles. The molecule has 0 saturated carbocycles. The molecule has 0 amide bonds. The molecule has 0 aliphatic rings. The summed E-state index contributed by atoms with van der Waals surface area (Å²) < 4.78 is 0. The first-order valence-electron chi connectivity index (χ1n) is 5.58. The zero-order valence-corrected chi connectivity index (χ0v) is 9.76. The van der Waals surface area contributed by atoms with E-state index in [9.17, 15) is 4.79 Å². The third-order valence-corrected chi connectivity index (χ3v) is 2.64. The van der Waals surface area contributed by atoms with Crippen LogP contribution >= 0.6 is 0 Å². The van der Waals surface area contributed by atoms with Gasteiger partial charge in [-0.25, -0.2) is 0 Å². The van der Waals surface area contributed by atoms with Gasteiger partial charge >= 0.3 is 0 Å². The van der Waals surface area contributed by atoms with Crippen LogP contribution < -0.4 is 0 Å². The molecule has 0 unspecified atom stereocenters. The van der Waals surface area contributed by atoms with Crippen LogP contribution in [0, 0.1) is 0 Å². The number of hydrogen-bond acceptors (Lipinski definition) is 1. The first kappa shape index (κ1) is 11.3. The van der Waals surface area contributed by atoms with Crippen LogP contribution in [0.25, 0.3) is 16.8 Å². The summed E-state index contributed by atoms with van der Waals surface area (Å²) in [7, 11) is 0. The van der Waals surface area contributed by atoms with Gasteiger partial charge in [-0.05, 0) is 41.0 Å². The molecule has 0 atom stereocenters. The number of hydrogen-bond donors (Lipinski definition) is 0. The Morgan fingerprint density at radius 3 is 2.59 bits per heavy atom. The van der Waals surface area contributed by atoms with Crippen molar-refractivity contribution in [2.75, 3.05) is 0 Å². The Hall–Kier alpha value is -2.15. The van der Waals surface area contributed by atoms with Crippen molar-refractivity contribution in [2.45, 2.75) is 6.92 Å². The van der Waals surface area contributed by atoms with Gasteiger partial charge in [-0.1, -0.05) is 48.6 Å². The molecule has 0 bridgehead atoms. The number of benzene rings is 2. The largest absolute Gasteiger partial charge is 0.299 e. The van der Waals surface area contributed by atoms with Crippen molar-refractivity contribution in [1.29, 1.82) is 0 Å². The van der Waals surface area contributed by atoms with Gasteiger partial charge in [0.25, 0.3) is 0 Å². The number of allylic oxidation sites excluding steroid dienone is 3. The van der Waals surface area contributed by atoms with Crippen molar-refractivity contribution < 1.29 is 4.79 Å². The van der Waals surface area contributed by atoms with Gasteiger partial charge in [0.1, 0.15) is 6.29 Å². The van der Waals surface area contributed by atoms with Gasteiger partial charge in [0.2, 0.25) is 0 Å². The Balaban J connectivity index is 2.31. The van der Waals surface area contributed by atoms with E-state index in [2.05, 4.69) is 30.3 Å². The number of rotatable bonds is 3. The van der Waals surface area contributed by atoms with Crippen LogP contribution in [0.1, 0.15) is 12.5 Å². The second kappa shape index (κ2) is 5.26. The van der Waals surface area contributed by atoms with E-state index in [1.54, 1.807) is 6.08 Å². The molecule has 0 saturated heterocycles. The quantitative estimate of drug-likeness (QED) is 0.436. The highest BCUT2D eigenvalue weighted by molar-refractivity contribution is 5.84. The van der Waals surface area contributed by atoms with Crippen molar-refractivity contribution >= 4 is 23.1 Å². The summed E-state index contributed by atoms with van der Waals surface area (Å²) in [5.41, 5.74) is 2.09. The summed E-state index contributed by atoms with van der Waals surface area (Å²) in [6.07, 6.45) is 6.32. The molecule has 0 fully saturated rings. The summed E-state index contributed by atoms with van der Waals surface area (Å²) in [6.45, 7) is 1.91. The molecule has 1 nitrogen and oxygen atoms in total. The maximum absolute atomic E-state index is 10.3. The monoisotopic (exact) mass is 222 g/mol. The fourth-order valence-corrected chi connectivity index (χ4v) is 1.70. The molecule has 2 aromatic rings. The minimum atomic E-state index is 0.806. The SMILES string of the molecule is CC(/C=C/c1ccc2ccccc2c1)=C\C=O. The molecule has 2 rings (SSSR count). The number of aldehydes is 1. The number of carbonyl (C=O) groups excluding carboxylic acids is 1. The lowest BCUT2D eigenvalue weighted by Crippen LogP contribution is -1.76. The third-order valence-electron chi connectivity index (χ3n) is 2.64. The summed E-state index contributed by atoms with van der Waals surface area (Å²) >= 11 is 0. The maximum Gasteiger partial charge on any atom is 0.143 e. The number of carbonyl (C=O) groups is 1. The van der Waals surface area contributed by atoms with E-state index < -0.39 is 0 Å². The van der Waals surface area contributed by atoms with Crippen LogP contribution in [0.4, 0.5) is 0 Å².